The smallest absolute Gasteiger partial charge is 0.0561 e. The van der Waals surface area contributed by atoms with E-state index in [1.54, 1.807) is 11.1 Å². The quantitative estimate of drug-likeness (QED) is 0.179. The van der Waals surface area contributed by atoms with Crippen LogP contribution in [0.3, 0.4) is 0 Å². The highest BCUT2D eigenvalue weighted by Crippen LogP contribution is 2.65. The van der Waals surface area contributed by atoms with Gasteiger partial charge in [0.2, 0.25) is 0 Å². The van der Waals surface area contributed by atoms with E-state index in [0.717, 1.165) is 17.8 Å². The van der Waals surface area contributed by atoms with Gasteiger partial charge in [0.1, 0.15) is 0 Å². The third-order valence-electron chi connectivity index (χ3n) is 14.1. The number of hydrogen-bond donors (Lipinski definition) is 0. The van der Waals surface area contributed by atoms with Crippen LogP contribution in [0.25, 0.3) is 49.4 Å². The summed E-state index contributed by atoms with van der Waals surface area (Å²) in [6.07, 6.45) is 8.38. The third kappa shape index (κ3) is 4.27. The topological polar surface area (TPSA) is 8.17 Å². The molecule has 3 fully saturated rings. The van der Waals surface area contributed by atoms with Crippen LogP contribution >= 0.6 is 0 Å². The molecule has 12 rings (SSSR count). The number of rotatable bonds is 4. The minimum absolute atomic E-state index is 0.0900. The molecule has 4 aliphatic rings. The fraction of sp³-hybridized carbons (Fsp3) is 0.216. The van der Waals surface area contributed by atoms with Crippen LogP contribution in [0.5, 0.6) is 0 Å². The van der Waals surface area contributed by atoms with Gasteiger partial charge in [0.25, 0.3) is 0 Å². The van der Waals surface area contributed by atoms with E-state index in [1.165, 1.54) is 105 Å². The van der Waals surface area contributed by atoms with Crippen molar-refractivity contribution in [1.82, 2.24) is 4.57 Å². The van der Waals surface area contributed by atoms with E-state index in [9.17, 15) is 0 Å². The first-order chi connectivity index (χ1) is 26.2. The van der Waals surface area contributed by atoms with Crippen LogP contribution in [0, 0.1) is 23.7 Å². The highest BCUT2D eigenvalue weighted by molar-refractivity contribution is 6.10. The molecule has 3 saturated carbocycles. The first kappa shape index (κ1) is 29.9. The van der Waals surface area contributed by atoms with Gasteiger partial charge in [0.05, 0.1) is 11.0 Å². The van der Waals surface area contributed by atoms with Gasteiger partial charge in [-0.05, 0) is 150 Å². The van der Waals surface area contributed by atoms with Crippen LogP contribution in [0.1, 0.15) is 49.7 Å². The normalized spacial score (nSPS) is 23.8. The highest BCUT2D eigenvalue weighted by Gasteiger charge is 2.56. The lowest BCUT2D eigenvalue weighted by molar-refractivity contribution is 0.189. The Morgan fingerprint density at radius 1 is 0.491 bits per heavy atom. The fourth-order valence-corrected chi connectivity index (χ4v) is 12.0. The van der Waals surface area contributed by atoms with Crippen molar-refractivity contribution in [3.63, 3.8) is 0 Å². The fourth-order valence-electron chi connectivity index (χ4n) is 12.0. The molecule has 0 saturated heterocycles. The molecule has 8 aromatic rings. The molecule has 0 aliphatic heterocycles. The van der Waals surface area contributed by atoms with E-state index in [1.807, 2.05) is 0 Å². The molecule has 3 bridgehead atoms. The minimum atomic E-state index is 0.0900. The maximum Gasteiger partial charge on any atom is 0.0561 e. The molecule has 1 aromatic heterocycles. The largest absolute Gasteiger partial charge is 0.310 e. The lowest BCUT2D eigenvalue weighted by Gasteiger charge is -2.43. The average Bonchev–Trinajstić information content (AvgIpc) is 3.78. The third-order valence-corrected chi connectivity index (χ3v) is 14.1. The maximum atomic E-state index is 2.63. The Bertz CT molecular complexity index is 2740. The molecule has 7 aromatic carbocycles. The van der Waals surface area contributed by atoms with Crippen LogP contribution in [0.4, 0.5) is 17.1 Å². The molecular formula is C51H42N2. The predicted octanol–water partition coefficient (Wildman–Crippen LogP) is 13.5. The van der Waals surface area contributed by atoms with Gasteiger partial charge in [-0.15, -0.1) is 0 Å². The Balaban J connectivity index is 1.10. The summed E-state index contributed by atoms with van der Waals surface area (Å²) < 4.78 is 2.44. The molecule has 5 unspecified atom stereocenters. The van der Waals surface area contributed by atoms with Gasteiger partial charge >= 0.3 is 0 Å². The number of para-hydroxylation sites is 2. The number of aromatic nitrogens is 1. The Hall–Kier alpha value is -5.60. The SMILES string of the molecule is c1ccc(-n2c3ccccc3c3ccc(N(c4ccc5c(c4)C4(CCC6CC7CC6CC4C7)c4ccccc4-5)c4ccc5ccccc5c4)cc32)cc1. The molecule has 0 amide bonds. The van der Waals surface area contributed by atoms with Crippen molar-refractivity contribution in [2.75, 3.05) is 4.90 Å². The monoisotopic (exact) mass is 682 g/mol. The second-order valence-corrected chi connectivity index (χ2v) is 16.6. The van der Waals surface area contributed by atoms with Crippen molar-refractivity contribution in [2.45, 2.75) is 43.9 Å². The van der Waals surface area contributed by atoms with E-state index < -0.39 is 0 Å². The molecular weight excluding hydrogens is 641 g/mol. The molecule has 1 spiro atoms. The minimum Gasteiger partial charge on any atom is -0.310 e. The number of fused-ring (bicyclic) bond motifs is 12. The molecule has 2 heteroatoms. The molecule has 0 N–H and O–H groups in total. The number of benzene rings is 7. The number of nitrogens with zero attached hydrogens (tertiary/aromatic N) is 2. The van der Waals surface area contributed by atoms with Gasteiger partial charge in [-0.2, -0.15) is 0 Å². The zero-order valence-electron chi connectivity index (χ0n) is 30.0. The molecule has 4 aliphatic carbocycles. The first-order valence-electron chi connectivity index (χ1n) is 19.8. The Labute approximate surface area is 311 Å². The summed E-state index contributed by atoms with van der Waals surface area (Å²) in [5, 5.41) is 5.09. The lowest BCUT2D eigenvalue weighted by Crippen LogP contribution is -2.37. The van der Waals surface area contributed by atoms with Crippen LogP contribution in [0.15, 0.2) is 158 Å². The Kier molecular flexibility index (Phi) is 6.32. The summed E-state index contributed by atoms with van der Waals surface area (Å²) >= 11 is 0. The predicted molar refractivity (Wildman–Crippen MR) is 221 cm³/mol. The van der Waals surface area contributed by atoms with E-state index in [0.29, 0.717) is 5.92 Å². The second-order valence-electron chi connectivity index (χ2n) is 16.6. The molecule has 1 heterocycles. The Morgan fingerprint density at radius 3 is 2.13 bits per heavy atom. The van der Waals surface area contributed by atoms with Crippen LogP contribution in [-0.2, 0) is 5.41 Å². The summed E-state index contributed by atoms with van der Waals surface area (Å²) in [5.74, 6) is 3.47. The second kappa shape index (κ2) is 11.2. The highest BCUT2D eigenvalue weighted by atomic mass is 15.1. The van der Waals surface area contributed by atoms with Crippen molar-refractivity contribution >= 4 is 49.6 Å². The summed E-state index contributed by atoms with van der Waals surface area (Å²) in [6, 6.07) is 59.6. The summed E-state index contributed by atoms with van der Waals surface area (Å²) in [6.45, 7) is 0. The van der Waals surface area contributed by atoms with Crippen molar-refractivity contribution in [2.24, 2.45) is 23.7 Å². The number of hydrogen-bond acceptors (Lipinski definition) is 1. The summed E-state index contributed by atoms with van der Waals surface area (Å²) in [7, 11) is 0. The Morgan fingerprint density at radius 2 is 1.19 bits per heavy atom. The van der Waals surface area contributed by atoms with E-state index in [2.05, 4.69) is 167 Å². The first-order valence-corrected chi connectivity index (χ1v) is 19.8. The molecule has 0 radical (unpaired) electrons. The van der Waals surface area contributed by atoms with Gasteiger partial charge in [0.15, 0.2) is 0 Å². The van der Waals surface area contributed by atoms with E-state index in [4.69, 9.17) is 0 Å². The lowest BCUT2D eigenvalue weighted by atomic mass is 9.60. The zero-order chi connectivity index (χ0) is 34.7. The van der Waals surface area contributed by atoms with Crippen molar-refractivity contribution < 1.29 is 0 Å². The van der Waals surface area contributed by atoms with Gasteiger partial charge in [0, 0.05) is 38.9 Å². The average molecular weight is 683 g/mol. The van der Waals surface area contributed by atoms with E-state index in [-0.39, 0.29) is 5.41 Å². The molecule has 53 heavy (non-hydrogen) atoms. The summed E-state index contributed by atoms with van der Waals surface area (Å²) in [5.41, 5.74) is 13.5. The van der Waals surface area contributed by atoms with Crippen molar-refractivity contribution in [3.05, 3.63) is 169 Å². The van der Waals surface area contributed by atoms with E-state index >= 15 is 0 Å². The zero-order valence-corrected chi connectivity index (χ0v) is 30.0. The van der Waals surface area contributed by atoms with Crippen LogP contribution < -0.4 is 4.90 Å². The van der Waals surface area contributed by atoms with Crippen LogP contribution in [-0.4, -0.2) is 4.57 Å². The molecule has 5 atom stereocenters. The van der Waals surface area contributed by atoms with Gasteiger partial charge < -0.3 is 9.47 Å². The maximum absolute atomic E-state index is 2.63. The van der Waals surface area contributed by atoms with Gasteiger partial charge in [-0.3, -0.25) is 0 Å². The number of anilines is 3. The standard InChI is InChI=1S/C51H42N2/c1-2-12-39(13-3-1)53-49-17-9-7-15-45(49)46-23-21-42(32-50(46)53)52(40-19-18-34-10-4-5-11-35(34)30-40)41-20-22-44-43-14-6-8-16-47(43)51(48(44)31-41)25-24-36-26-33-27-37(36)29-38(51)28-33/h1-23,30-33,36-38H,24-29H2. The van der Waals surface area contributed by atoms with Crippen LogP contribution in [0.2, 0.25) is 0 Å². The summed E-state index contributed by atoms with van der Waals surface area (Å²) in [4.78, 5) is 2.54. The van der Waals surface area contributed by atoms with Crippen molar-refractivity contribution in [3.8, 4) is 16.8 Å². The van der Waals surface area contributed by atoms with Gasteiger partial charge in [-0.1, -0.05) is 103 Å². The van der Waals surface area contributed by atoms with Crippen molar-refractivity contribution in [1.29, 1.82) is 0 Å². The molecule has 2 nitrogen and oxygen atoms in total. The van der Waals surface area contributed by atoms with Gasteiger partial charge in [-0.25, -0.2) is 0 Å². The molecule has 256 valence electrons.